The second-order valence-electron chi connectivity index (χ2n) is 9.05. The minimum absolute atomic E-state index is 0.00663. The van der Waals surface area contributed by atoms with Gasteiger partial charge in [-0.1, -0.05) is 52.3 Å². The zero-order chi connectivity index (χ0) is 23.2. The summed E-state index contributed by atoms with van der Waals surface area (Å²) in [6, 6.07) is 21.1. The molecule has 0 radical (unpaired) electrons. The van der Waals surface area contributed by atoms with Crippen molar-refractivity contribution in [3.8, 4) is 11.5 Å². The molecule has 34 heavy (non-hydrogen) atoms. The van der Waals surface area contributed by atoms with Gasteiger partial charge >= 0.3 is 0 Å². The molecule has 2 aliphatic rings. The number of hydrogen-bond acceptors (Lipinski definition) is 4. The molecule has 0 aliphatic carbocycles. The van der Waals surface area contributed by atoms with Gasteiger partial charge < -0.3 is 19.1 Å². The Kier molecular flexibility index (Phi) is 5.60. The standard InChI is InChI=1S/C28H27BrN2O3/c1-33-26-14-20-19(12-27(26)34-16-18-6-3-2-4-7-18)10-11-30-15-25-21(13-24(20)30)28-22(29)8-5-9-23(28)31(25)17-32/h2-9,12,14,24,32H,10-11,13,15-17H2,1H3. The largest absolute Gasteiger partial charge is 0.493 e. The monoisotopic (exact) mass is 518 g/mol. The molecular weight excluding hydrogens is 492 g/mol. The van der Waals surface area contributed by atoms with Crippen LogP contribution in [0.2, 0.25) is 0 Å². The molecule has 0 spiro atoms. The maximum absolute atomic E-state index is 10.2. The van der Waals surface area contributed by atoms with E-state index in [2.05, 4.69) is 61.8 Å². The number of nitrogens with zero attached hydrogens (tertiary/aromatic N) is 2. The number of benzene rings is 3. The number of aromatic nitrogens is 1. The van der Waals surface area contributed by atoms with Crippen LogP contribution < -0.4 is 9.47 Å². The molecule has 1 N–H and O–H groups in total. The van der Waals surface area contributed by atoms with Gasteiger partial charge in [0.25, 0.3) is 0 Å². The summed E-state index contributed by atoms with van der Waals surface area (Å²) in [5, 5.41) is 11.4. The Balaban J connectivity index is 1.37. The smallest absolute Gasteiger partial charge is 0.161 e. The van der Waals surface area contributed by atoms with E-state index >= 15 is 0 Å². The van der Waals surface area contributed by atoms with E-state index in [1.54, 1.807) is 7.11 Å². The minimum atomic E-state index is -0.00663. The first kappa shape index (κ1) is 21.7. The Morgan fingerprint density at radius 3 is 2.71 bits per heavy atom. The average molecular weight is 519 g/mol. The normalized spacial score (nSPS) is 17.2. The highest BCUT2D eigenvalue weighted by Gasteiger charge is 2.36. The quantitative estimate of drug-likeness (QED) is 0.373. The van der Waals surface area contributed by atoms with Crippen LogP contribution in [0, 0.1) is 0 Å². The molecule has 174 valence electrons. The SMILES string of the molecule is COc1cc2c(cc1OCc1ccccc1)CCN1Cc3c(c4c(Br)cccc4n3CO)CC21. The van der Waals surface area contributed by atoms with Crippen LogP contribution in [0.3, 0.4) is 0 Å². The van der Waals surface area contributed by atoms with Crippen molar-refractivity contribution in [3.63, 3.8) is 0 Å². The summed E-state index contributed by atoms with van der Waals surface area (Å²) in [6.07, 6.45) is 1.87. The molecule has 6 rings (SSSR count). The number of halogens is 1. The van der Waals surface area contributed by atoms with Crippen molar-refractivity contribution in [3.05, 3.63) is 93.1 Å². The van der Waals surface area contributed by atoms with Gasteiger partial charge in [-0.3, -0.25) is 4.90 Å². The fourth-order valence-electron chi connectivity index (χ4n) is 5.63. The van der Waals surface area contributed by atoms with Crippen molar-refractivity contribution in [1.82, 2.24) is 9.47 Å². The third-order valence-corrected chi connectivity index (χ3v) is 7.94. The van der Waals surface area contributed by atoms with Gasteiger partial charge in [0.1, 0.15) is 13.3 Å². The third kappa shape index (κ3) is 3.52. The van der Waals surface area contributed by atoms with Crippen molar-refractivity contribution in [1.29, 1.82) is 0 Å². The Morgan fingerprint density at radius 1 is 1.06 bits per heavy atom. The van der Waals surface area contributed by atoms with E-state index in [1.807, 2.05) is 24.3 Å². The van der Waals surface area contributed by atoms with Crippen LogP contribution in [0.1, 0.15) is 34.0 Å². The Morgan fingerprint density at radius 2 is 1.91 bits per heavy atom. The van der Waals surface area contributed by atoms with Crippen LogP contribution in [0.5, 0.6) is 11.5 Å². The lowest BCUT2D eigenvalue weighted by molar-refractivity contribution is 0.145. The third-order valence-electron chi connectivity index (χ3n) is 7.28. The van der Waals surface area contributed by atoms with Crippen molar-refractivity contribution < 1.29 is 14.6 Å². The Hall–Kier alpha value is -2.80. The highest BCUT2D eigenvalue weighted by molar-refractivity contribution is 9.10. The summed E-state index contributed by atoms with van der Waals surface area (Å²) in [7, 11) is 1.71. The van der Waals surface area contributed by atoms with Gasteiger partial charge in [-0.05, 0) is 59.4 Å². The number of ether oxygens (including phenoxy) is 2. The molecule has 1 aromatic heterocycles. The molecule has 0 saturated carbocycles. The predicted octanol–water partition coefficient (Wildman–Crippen LogP) is 5.60. The highest BCUT2D eigenvalue weighted by atomic mass is 79.9. The summed E-state index contributed by atoms with van der Waals surface area (Å²) < 4.78 is 15.1. The molecule has 6 heteroatoms. The van der Waals surface area contributed by atoms with E-state index in [9.17, 15) is 5.11 Å². The fourth-order valence-corrected chi connectivity index (χ4v) is 6.23. The summed E-state index contributed by atoms with van der Waals surface area (Å²) >= 11 is 3.76. The Labute approximate surface area is 207 Å². The van der Waals surface area contributed by atoms with Gasteiger partial charge in [0.15, 0.2) is 11.5 Å². The molecule has 1 unspecified atom stereocenters. The Bertz CT molecular complexity index is 1370. The summed E-state index contributed by atoms with van der Waals surface area (Å²) in [6.45, 7) is 2.32. The molecule has 5 nitrogen and oxygen atoms in total. The van der Waals surface area contributed by atoms with Crippen molar-refractivity contribution >= 4 is 26.8 Å². The first-order valence-corrected chi connectivity index (χ1v) is 12.5. The van der Waals surface area contributed by atoms with Crippen molar-refractivity contribution in [2.45, 2.75) is 38.8 Å². The lowest BCUT2D eigenvalue weighted by atomic mass is 9.85. The second-order valence-corrected chi connectivity index (χ2v) is 9.90. The molecule has 3 heterocycles. The number of aliphatic hydroxyl groups excluding tert-OH is 1. The van der Waals surface area contributed by atoms with E-state index < -0.39 is 0 Å². The van der Waals surface area contributed by atoms with Gasteiger partial charge in [-0.25, -0.2) is 0 Å². The fraction of sp³-hybridized carbons (Fsp3) is 0.286. The lowest BCUT2D eigenvalue weighted by Gasteiger charge is -2.41. The number of aliphatic hydroxyl groups is 1. The number of methoxy groups -OCH3 is 1. The molecule has 2 aliphatic heterocycles. The maximum Gasteiger partial charge on any atom is 0.161 e. The van der Waals surface area contributed by atoms with Crippen LogP contribution in [-0.4, -0.2) is 28.2 Å². The topological polar surface area (TPSA) is 46.9 Å². The van der Waals surface area contributed by atoms with E-state index in [4.69, 9.17) is 9.47 Å². The van der Waals surface area contributed by atoms with Crippen LogP contribution >= 0.6 is 15.9 Å². The minimum Gasteiger partial charge on any atom is -0.493 e. The average Bonchev–Trinajstić information content (AvgIpc) is 3.19. The van der Waals surface area contributed by atoms with Crippen LogP contribution in [0.15, 0.2) is 65.1 Å². The lowest BCUT2D eigenvalue weighted by Crippen LogP contribution is -2.39. The number of hydrogen-bond donors (Lipinski definition) is 1. The van der Waals surface area contributed by atoms with Gasteiger partial charge in [-0.15, -0.1) is 0 Å². The molecule has 0 bridgehead atoms. The van der Waals surface area contributed by atoms with Gasteiger partial charge in [0, 0.05) is 34.7 Å². The number of rotatable bonds is 5. The van der Waals surface area contributed by atoms with Gasteiger partial charge in [0.05, 0.1) is 12.6 Å². The van der Waals surface area contributed by atoms with Crippen LogP contribution in [0.25, 0.3) is 10.9 Å². The number of fused-ring (bicyclic) bond motifs is 6. The summed E-state index contributed by atoms with van der Waals surface area (Å²) in [5.74, 6) is 1.58. The molecule has 0 fully saturated rings. The molecule has 4 aromatic rings. The first-order valence-electron chi connectivity index (χ1n) is 11.7. The first-order chi connectivity index (χ1) is 16.7. The van der Waals surface area contributed by atoms with Gasteiger partial charge in [0.2, 0.25) is 0 Å². The highest BCUT2D eigenvalue weighted by Crippen LogP contribution is 2.45. The summed E-state index contributed by atoms with van der Waals surface area (Å²) in [4.78, 5) is 2.54. The maximum atomic E-state index is 10.2. The van der Waals surface area contributed by atoms with E-state index in [1.165, 1.54) is 27.8 Å². The second kappa shape index (κ2) is 8.77. The van der Waals surface area contributed by atoms with Crippen molar-refractivity contribution in [2.75, 3.05) is 13.7 Å². The molecule has 0 amide bonds. The molecule has 0 saturated heterocycles. The van der Waals surface area contributed by atoms with Crippen LogP contribution in [0.4, 0.5) is 0 Å². The van der Waals surface area contributed by atoms with Gasteiger partial charge in [-0.2, -0.15) is 0 Å². The van der Waals surface area contributed by atoms with E-state index in [0.717, 1.165) is 53.0 Å². The molecule has 3 aromatic carbocycles. The summed E-state index contributed by atoms with van der Waals surface area (Å²) in [5.41, 5.74) is 7.42. The zero-order valence-corrected chi connectivity index (χ0v) is 20.7. The van der Waals surface area contributed by atoms with E-state index in [0.29, 0.717) is 6.61 Å². The predicted molar refractivity (Wildman–Crippen MR) is 136 cm³/mol. The molecule has 1 atom stereocenters. The van der Waals surface area contributed by atoms with E-state index in [-0.39, 0.29) is 12.8 Å². The van der Waals surface area contributed by atoms with Crippen molar-refractivity contribution in [2.24, 2.45) is 0 Å². The molecular formula is C28H27BrN2O3. The zero-order valence-electron chi connectivity index (χ0n) is 19.1. The van der Waals surface area contributed by atoms with Crippen LogP contribution in [-0.2, 0) is 32.7 Å².